The summed E-state index contributed by atoms with van der Waals surface area (Å²) in [6.45, 7) is 6.51. The van der Waals surface area contributed by atoms with E-state index in [1.165, 1.54) is 154 Å². The molecule has 274 valence electrons. The van der Waals surface area contributed by atoms with E-state index in [-0.39, 0.29) is 25.2 Å². The van der Waals surface area contributed by atoms with Crippen LogP contribution >= 0.6 is 0 Å². The van der Waals surface area contributed by atoms with Crippen LogP contribution in [0.15, 0.2) is 0 Å². The molecule has 0 radical (unpaired) electrons. The van der Waals surface area contributed by atoms with Gasteiger partial charge in [0.2, 0.25) is 0 Å². The molecule has 1 atom stereocenters. The van der Waals surface area contributed by atoms with E-state index < -0.39 is 6.10 Å². The molecular weight excluding hydrogens is 572 g/mol. The van der Waals surface area contributed by atoms with Gasteiger partial charge in [-0.05, 0) is 18.8 Å². The maximum atomic E-state index is 12.2. The summed E-state index contributed by atoms with van der Waals surface area (Å²) < 4.78 is 10.6. The Bertz CT molecular complexity index is 634. The molecule has 0 saturated heterocycles. The standard InChI is InChI=1S/C41H80O5/c1-4-5-6-7-8-9-10-11-12-13-14-15-16-19-23-26-29-32-35-41(44)46-39(36-42)37-45-40(43)34-31-28-25-22-20-17-18-21-24-27-30-33-38(2)3/h38-39,42H,4-37H2,1-3H3/t39-/m0/s1. The number of esters is 2. The first-order valence-corrected chi connectivity index (χ1v) is 20.5. The average molecular weight is 653 g/mol. The summed E-state index contributed by atoms with van der Waals surface area (Å²) in [5.74, 6) is 0.259. The predicted molar refractivity (Wildman–Crippen MR) is 196 cm³/mol. The van der Waals surface area contributed by atoms with Gasteiger partial charge in [0.25, 0.3) is 0 Å². The highest BCUT2D eigenvalue weighted by Crippen LogP contribution is 2.16. The zero-order chi connectivity index (χ0) is 33.8. The van der Waals surface area contributed by atoms with Crippen LogP contribution in [0.5, 0.6) is 0 Å². The Labute approximate surface area is 287 Å². The van der Waals surface area contributed by atoms with Crippen molar-refractivity contribution in [1.82, 2.24) is 0 Å². The third-order valence-electron chi connectivity index (χ3n) is 9.33. The van der Waals surface area contributed by atoms with Crippen molar-refractivity contribution in [2.24, 2.45) is 5.92 Å². The Hall–Kier alpha value is -1.10. The van der Waals surface area contributed by atoms with Gasteiger partial charge in [-0.3, -0.25) is 9.59 Å². The minimum atomic E-state index is -0.762. The number of unbranched alkanes of at least 4 members (excludes halogenated alkanes) is 27. The monoisotopic (exact) mass is 653 g/mol. The highest BCUT2D eigenvalue weighted by atomic mass is 16.6. The van der Waals surface area contributed by atoms with Crippen molar-refractivity contribution in [1.29, 1.82) is 0 Å². The predicted octanol–water partition coefficient (Wildman–Crippen LogP) is 12.6. The minimum absolute atomic E-state index is 0.0579. The van der Waals surface area contributed by atoms with Gasteiger partial charge < -0.3 is 14.6 Å². The Morgan fingerprint density at radius 2 is 0.804 bits per heavy atom. The number of hydrogen-bond donors (Lipinski definition) is 1. The Morgan fingerprint density at radius 1 is 0.478 bits per heavy atom. The number of hydrogen-bond acceptors (Lipinski definition) is 5. The first kappa shape index (κ1) is 44.9. The Morgan fingerprint density at radius 3 is 1.15 bits per heavy atom. The summed E-state index contributed by atoms with van der Waals surface area (Å²) in [6.07, 6.45) is 38.8. The number of aliphatic hydroxyl groups is 1. The van der Waals surface area contributed by atoms with E-state index >= 15 is 0 Å². The lowest BCUT2D eigenvalue weighted by Crippen LogP contribution is -2.28. The van der Waals surface area contributed by atoms with E-state index in [0.29, 0.717) is 12.8 Å². The van der Waals surface area contributed by atoms with E-state index in [1.807, 2.05) is 0 Å². The Kier molecular flexibility index (Phi) is 35.9. The fraction of sp³-hybridized carbons (Fsp3) is 0.951. The molecule has 0 saturated carbocycles. The minimum Gasteiger partial charge on any atom is -0.462 e. The van der Waals surface area contributed by atoms with Crippen molar-refractivity contribution in [2.75, 3.05) is 13.2 Å². The molecular formula is C41H80O5. The normalized spacial score (nSPS) is 12.1. The van der Waals surface area contributed by atoms with Crippen LogP contribution < -0.4 is 0 Å². The number of carbonyl (C=O) groups is 2. The highest BCUT2D eigenvalue weighted by molar-refractivity contribution is 5.70. The molecule has 0 rings (SSSR count). The van der Waals surface area contributed by atoms with Crippen molar-refractivity contribution in [3.63, 3.8) is 0 Å². The van der Waals surface area contributed by atoms with Crippen LogP contribution in [0, 0.1) is 5.92 Å². The molecule has 0 heterocycles. The summed E-state index contributed by atoms with van der Waals surface area (Å²) >= 11 is 0. The van der Waals surface area contributed by atoms with Gasteiger partial charge in [0.05, 0.1) is 6.61 Å². The van der Waals surface area contributed by atoms with Crippen LogP contribution in [0.25, 0.3) is 0 Å². The zero-order valence-electron chi connectivity index (χ0n) is 31.3. The van der Waals surface area contributed by atoms with Crippen LogP contribution in [0.1, 0.15) is 226 Å². The Balaban J connectivity index is 3.48. The first-order valence-electron chi connectivity index (χ1n) is 20.5. The van der Waals surface area contributed by atoms with Gasteiger partial charge in [0, 0.05) is 12.8 Å². The van der Waals surface area contributed by atoms with E-state index in [0.717, 1.165) is 44.4 Å². The second-order valence-corrected chi connectivity index (χ2v) is 14.6. The van der Waals surface area contributed by atoms with Crippen molar-refractivity contribution in [2.45, 2.75) is 232 Å². The molecule has 1 N–H and O–H groups in total. The van der Waals surface area contributed by atoms with Gasteiger partial charge in [0.15, 0.2) is 6.10 Å². The van der Waals surface area contributed by atoms with Crippen LogP contribution in [-0.4, -0.2) is 36.4 Å². The van der Waals surface area contributed by atoms with Crippen molar-refractivity contribution >= 4 is 11.9 Å². The van der Waals surface area contributed by atoms with Crippen molar-refractivity contribution in [3.05, 3.63) is 0 Å². The van der Waals surface area contributed by atoms with Crippen molar-refractivity contribution in [3.8, 4) is 0 Å². The zero-order valence-corrected chi connectivity index (χ0v) is 31.3. The number of aliphatic hydroxyl groups excluding tert-OH is 1. The molecule has 46 heavy (non-hydrogen) atoms. The van der Waals surface area contributed by atoms with Gasteiger partial charge in [-0.1, -0.05) is 201 Å². The maximum absolute atomic E-state index is 12.2. The van der Waals surface area contributed by atoms with Gasteiger partial charge in [0.1, 0.15) is 6.61 Å². The van der Waals surface area contributed by atoms with Crippen molar-refractivity contribution < 1.29 is 24.2 Å². The molecule has 0 amide bonds. The number of ether oxygens (including phenoxy) is 2. The summed E-state index contributed by atoms with van der Waals surface area (Å²) in [4.78, 5) is 24.3. The maximum Gasteiger partial charge on any atom is 0.306 e. The van der Waals surface area contributed by atoms with Crippen LogP contribution in [0.3, 0.4) is 0 Å². The molecule has 5 nitrogen and oxygen atoms in total. The van der Waals surface area contributed by atoms with Crippen LogP contribution in [-0.2, 0) is 19.1 Å². The van der Waals surface area contributed by atoms with Crippen LogP contribution in [0.2, 0.25) is 0 Å². The largest absolute Gasteiger partial charge is 0.462 e. The van der Waals surface area contributed by atoms with Gasteiger partial charge in [-0.15, -0.1) is 0 Å². The number of carbonyl (C=O) groups excluding carboxylic acids is 2. The topological polar surface area (TPSA) is 72.8 Å². The van der Waals surface area contributed by atoms with E-state index in [9.17, 15) is 14.7 Å². The quantitative estimate of drug-likeness (QED) is 0.0534. The smallest absolute Gasteiger partial charge is 0.306 e. The molecule has 0 unspecified atom stereocenters. The van der Waals surface area contributed by atoms with E-state index in [1.54, 1.807) is 0 Å². The molecule has 0 bridgehead atoms. The molecule has 0 spiro atoms. The molecule has 0 aromatic rings. The lowest BCUT2D eigenvalue weighted by Gasteiger charge is -2.15. The highest BCUT2D eigenvalue weighted by Gasteiger charge is 2.16. The second kappa shape index (κ2) is 36.7. The van der Waals surface area contributed by atoms with Gasteiger partial charge in [-0.25, -0.2) is 0 Å². The molecule has 0 aromatic heterocycles. The molecule has 0 fully saturated rings. The molecule has 0 aliphatic rings. The van der Waals surface area contributed by atoms with Gasteiger partial charge in [-0.2, -0.15) is 0 Å². The number of rotatable bonds is 37. The average Bonchev–Trinajstić information content (AvgIpc) is 3.04. The first-order chi connectivity index (χ1) is 22.5. The third kappa shape index (κ3) is 35.7. The summed E-state index contributed by atoms with van der Waals surface area (Å²) in [5, 5.41) is 9.56. The lowest BCUT2D eigenvalue weighted by atomic mass is 10.0. The second-order valence-electron chi connectivity index (χ2n) is 14.6. The van der Waals surface area contributed by atoms with Gasteiger partial charge >= 0.3 is 11.9 Å². The summed E-state index contributed by atoms with van der Waals surface area (Å²) in [7, 11) is 0. The SMILES string of the molecule is CCCCCCCCCCCCCCCCCCCCC(=O)O[C@@H](CO)COC(=O)CCCCCCCCCCCCCC(C)C. The van der Waals surface area contributed by atoms with Crippen LogP contribution in [0.4, 0.5) is 0 Å². The lowest BCUT2D eigenvalue weighted by molar-refractivity contribution is -0.161. The molecule has 0 aliphatic carbocycles. The molecule has 5 heteroatoms. The summed E-state index contributed by atoms with van der Waals surface area (Å²) in [6, 6.07) is 0. The molecule has 0 aromatic carbocycles. The summed E-state index contributed by atoms with van der Waals surface area (Å²) in [5.41, 5.74) is 0. The fourth-order valence-corrected chi connectivity index (χ4v) is 6.21. The van der Waals surface area contributed by atoms with E-state index in [4.69, 9.17) is 9.47 Å². The fourth-order valence-electron chi connectivity index (χ4n) is 6.21. The molecule has 0 aliphatic heterocycles. The van der Waals surface area contributed by atoms with E-state index in [2.05, 4.69) is 20.8 Å². The third-order valence-corrected chi connectivity index (χ3v) is 9.33.